The second kappa shape index (κ2) is 4.93. The number of aromatic nitrogens is 2. The molecule has 0 bridgehead atoms. The third-order valence-corrected chi connectivity index (χ3v) is 2.56. The highest BCUT2D eigenvalue weighted by Crippen LogP contribution is 2.16. The molecular formula is C13H15N3O. The maximum atomic E-state index is 11.4. The van der Waals surface area contributed by atoms with Gasteiger partial charge in [-0.2, -0.15) is 4.98 Å². The van der Waals surface area contributed by atoms with E-state index in [9.17, 15) is 4.79 Å². The number of H-pyrrole nitrogens is 1. The summed E-state index contributed by atoms with van der Waals surface area (Å²) in [6.45, 7) is 2.53. The first-order valence-corrected chi connectivity index (χ1v) is 5.56. The Morgan fingerprint density at radius 1 is 1.29 bits per heavy atom. The maximum Gasteiger partial charge on any atom is 0.345 e. The first-order chi connectivity index (χ1) is 8.19. The molecule has 4 nitrogen and oxygen atoms in total. The van der Waals surface area contributed by atoms with Crippen LogP contribution in [0.5, 0.6) is 0 Å². The summed E-state index contributed by atoms with van der Waals surface area (Å²) in [6.07, 6.45) is 0.649. The summed E-state index contributed by atoms with van der Waals surface area (Å²) in [7, 11) is 0. The summed E-state index contributed by atoms with van der Waals surface area (Å²) in [5, 5.41) is 0. The van der Waals surface area contributed by atoms with E-state index in [0.717, 1.165) is 11.3 Å². The zero-order valence-electron chi connectivity index (χ0n) is 9.73. The third-order valence-electron chi connectivity index (χ3n) is 2.56. The molecule has 0 atom stereocenters. The molecular weight excluding hydrogens is 214 g/mol. The predicted molar refractivity (Wildman–Crippen MR) is 67.8 cm³/mol. The molecule has 1 aromatic heterocycles. The van der Waals surface area contributed by atoms with Crippen LogP contribution in [0.4, 0.5) is 0 Å². The molecule has 0 saturated heterocycles. The molecule has 17 heavy (non-hydrogen) atoms. The molecule has 1 aromatic carbocycles. The van der Waals surface area contributed by atoms with Crippen LogP contribution in [0.25, 0.3) is 11.3 Å². The summed E-state index contributed by atoms with van der Waals surface area (Å²) in [5.74, 6) is 0. The van der Waals surface area contributed by atoms with Crippen LogP contribution in [0.2, 0.25) is 0 Å². The lowest BCUT2D eigenvalue weighted by molar-refractivity contribution is 0.892. The first kappa shape index (κ1) is 11.5. The van der Waals surface area contributed by atoms with Crippen LogP contribution < -0.4 is 11.4 Å². The fraction of sp³-hybridized carbons (Fsp3) is 0.231. The molecule has 2 rings (SSSR count). The Bertz CT molecular complexity index is 558. The normalized spacial score (nSPS) is 10.5. The molecule has 0 aliphatic carbocycles. The van der Waals surface area contributed by atoms with Crippen LogP contribution in [0, 0.1) is 6.92 Å². The van der Waals surface area contributed by atoms with Gasteiger partial charge in [-0.05, 0) is 26.0 Å². The van der Waals surface area contributed by atoms with Gasteiger partial charge in [-0.1, -0.05) is 29.8 Å². The number of aryl methyl sites for hydroxylation is 1. The van der Waals surface area contributed by atoms with Gasteiger partial charge in [0.25, 0.3) is 0 Å². The van der Waals surface area contributed by atoms with Crippen molar-refractivity contribution in [3.8, 4) is 11.3 Å². The minimum absolute atomic E-state index is 0.327. The van der Waals surface area contributed by atoms with Gasteiger partial charge in [0.1, 0.15) is 0 Å². The minimum Gasteiger partial charge on any atom is -0.330 e. The molecule has 0 unspecified atom stereocenters. The van der Waals surface area contributed by atoms with Crippen LogP contribution >= 0.6 is 0 Å². The van der Waals surface area contributed by atoms with Crippen molar-refractivity contribution in [3.63, 3.8) is 0 Å². The molecule has 4 heteroatoms. The largest absolute Gasteiger partial charge is 0.345 e. The Labute approximate surface area is 99.5 Å². The van der Waals surface area contributed by atoms with E-state index in [4.69, 9.17) is 5.73 Å². The second-order valence-corrected chi connectivity index (χ2v) is 4.00. The summed E-state index contributed by atoms with van der Waals surface area (Å²) in [4.78, 5) is 18.1. The van der Waals surface area contributed by atoms with Gasteiger partial charge in [0, 0.05) is 11.3 Å². The average molecular weight is 229 g/mol. The highest BCUT2D eigenvalue weighted by Gasteiger charge is 2.03. The number of benzene rings is 1. The van der Waals surface area contributed by atoms with E-state index in [1.165, 1.54) is 5.56 Å². The van der Waals surface area contributed by atoms with E-state index in [0.29, 0.717) is 18.7 Å². The lowest BCUT2D eigenvalue weighted by Gasteiger charge is -2.03. The van der Waals surface area contributed by atoms with E-state index >= 15 is 0 Å². The number of hydrogen-bond acceptors (Lipinski definition) is 3. The minimum atomic E-state index is -0.327. The number of rotatable bonds is 3. The maximum absolute atomic E-state index is 11.4. The van der Waals surface area contributed by atoms with Crippen molar-refractivity contribution in [3.05, 3.63) is 52.1 Å². The average Bonchev–Trinajstić information content (AvgIpc) is 2.29. The Morgan fingerprint density at radius 3 is 2.65 bits per heavy atom. The zero-order valence-corrected chi connectivity index (χ0v) is 9.73. The van der Waals surface area contributed by atoms with Crippen molar-refractivity contribution in [2.45, 2.75) is 13.3 Å². The molecule has 3 N–H and O–H groups in total. The third kappa shape index (κ3) is 2.79. The van der Waals surface area contributed by atoms with Gasteiger partial charge in [-0.3, -0.25) is 0 Å². The SMILES string of the molecule is Cc1ccc(-c2cc(CCN)[nH]c(=O)n2)cc1. The topological polar surface area (TPSA) is 71.8 Å². The Morgan fingerprint density at radius 2 is 2.00 bits per heavy atom. The molecule has 0 amide bonds. The number of hydrogen-bond donors (Lipinski definition) is 2. The van der Waals surface area contributed by atoms with Crippen molar-refractivity contribution in [2.24, 2.45) is 5.73 Å². The molecule has 0 spiro atoms. The Hall–Kier alpha value is -1.94. The summed E-state index contributed by atoms with van der Waals surface area (Å²) >= 11 is 0. The van der Waals surface area contributed by atoms with Crippen molar-refractivity contribution >= 4 is 0 Å². The van der Waals surface area contributed by atoms with Crippen molar-refractivity contribution in [2.75, 3.05) is 6.54 Å². The van der Waals surface area contributed by atoms with Crippen molar-refractivity contribution in [1.29, 1.82) is 0 Å². The van der Waals surface area contributed by atoms with Crippen LogP contribution in [0.15, 0.2) is 35.1 Å². The molecule has 2 aromatic rings. The van der Waals surface area contributed by atoms with Crippen LogP contribution in [-0.4, -0.2) is 16.5 Å². The van der Waals surface area contributed by atoms with Gasteiger partial charge in [0.2, 0.25) is 0 Å². The van der Waals surface area contributed by atoms with E-state index < -0.39 is 0 Å². The molecule has 0 radical (unpaired) electrons. The highest BCUT2D eigenvalue weighted by molar-refractivity contribution is 5.59. The monoisotopic (exact) mass is 229 g/mol. The highest BCUT2D eigenvalue weighted by atomic mass is 16.1. The molecule has 0 aliphatic rings. The lowest BCUT2D eigenvalue weighted by atomic mass is 10.1. The van der Waals surface area contributed by atoms with E-state index in [1.54, 1.807) is 0 Å². The Balaban J connectivity index is 2.44. The number of nitrogens with two attached hydrogens (primary N) is 1. The first-order valence-electron chi connectivity index (χ1n) is 5.56. The van der Waals surface area contributed by atoms with E-state index in [2.05, 4.69) is 9.97 Å². The molecule has 0 fully saturated rings. The Kier molecular flexibility index (Phi) is 3.35. The van der Waals surface area contributed by atoms with E-state index in [-0.39, 0.29) is 5.69 Å². The zero-order chi connectivity index (χ0) is 12.3. The number of nitrogens with zero attached hydrogens (tertiary/aromatic N) is 1. The quantitative estimate of drug-likeness (QED) is 0.832. The summed E-state index contributed by atoms with van der Waals surface area (Å²) in [6, 6.07) is 9.80. The summed E-state index contributed by atoms with van der Waals surface area (Å²) in [5.41, 5.74) is 8.79. The van der Waals surface area contributed by atoms with Gasteiger partial charge >= 0.3 is 5.69 Å². The molecule has 0 aliphatic heterocycles. The van der Waals surface area contributed by atoms with Crippen molar-refractivity contribution in [1.82, 2.24) is 9.97 Å². The molecule has 88 valence electrons. The van der Waals surface area contributed by atoms with E-state index in [1.807, 2.05) is 37.3 Å². The van der Waals surface area contributed by atoms with Gasteiger partial charge < -0.3 is 10.7 Å². The molecule has 1 heterocycles. The van der Waals surface area contributed by atoms with Crippen LogP contribution in [0.3, 0.4) is 0 Å². The fourth-order valence-corrected chi connectivity index (χ4v) is 1.67. The van der Waals surface area contributed by atoms with Crippen LogP contribution in [-0.2, 0) is 6.42 Å². The van der Waals surface area contributed by atoms with Crippen molar-refractivity contribution < 1.29 is 0 Å². The van der Waals surface area contributed by atoms with Gasteiger partial charge in [-0.15, -0.1) is 0 Å². The van der Waals surface area contributed by atoms with Gasteiger partial charge in [0.15, 0.2) is 0 Å². The van der Waals surface area contributed by atoms with Gasteiger partial charge in [-0.25, -0.2) is 4.79 Å². The standard InChI is InChI=1S/C13H15N3O/c1-9-2-4-10(5-3-9)12-8-11(6-7-14)15-13(17)16-12/h2-5,8H,6-7,14H2,1H3,(H,15,16,17). The molecule has 0 saturated carbocycles. The van der Waals surface area contributed by atoms with Gasteiger partial charge in [0.05, 0.1) is 5.69 Å². The smallest absolute Gasteiger partial charge is 0.330 e. The number of aromatic amines is 1. The number of nitrogens with one attached hydrogen (secondary N) is 1. The van der Waals surface area contributed by atoms with Crippen LogP contribution in [0.1, 0.15) is 11.3 Å². The second-order valence-electron chi connectivity index (χ2n) is 4.00. The fourth-order valence-electron chi connectivity index (χ4n) is 1.67. The summed E-state index contributed by atoms with van der Waals surface area (Å²) < 4.78 is 0. The predicted octanol–water partition coefficient (Wildman–Crippen LogP) is 1.25. The lowest BCUT2D eigenvalue weighted by Crippen LogP contribution is -2.15.